The van der Waals surface area contributed by atoms with E-state index < -0.39 is 0 Å². The summed E-state index contributed by atoms with van der Waals surface area (Å²) >= 11 is 0. The van der Waals surface area contributed by atoms with Crippen molar-refractivity contribution >= 4 is 11.6 Å². The van der Waals surface area contributed by atoms with Gasteiger partial charge in [0.15, 0.2) is 0 Å². The summed E-state index contributed by atoms with van der Waals surface area (Å²) in [6.45, 7) is 1.89. The lowest BCUT2D eigenvalue weighted by Gasteiger charge is -2.10. The molecule has 0 fully saturated rings. The molecule has 0 atom stereocenters. The van der Waals surface area contributed by atoms with E-state index in [0.29, 0.717) is 22.7 Å². The molecule has 128 valence electrons. The Morgan fingerprint density at radius 2 is 1.80 bits per heavy atom. The fraction of sp³-hybridized carbons (Fsp3) is 0.158. The number of aromatic nitrogens is 2. The first-order chi connectivity index (χ1) is 12.1. The molecule has 1 aromatic heterocycles. The maximum Gasteiger partial charge on any atom is 0.255 e. The van der Waals surface area contributed by atoms with Crippen molar-refractivity contribution in [3.63, 3.8) is 0 Å². The number of aromatic amines is 1. The molecule has 6 nitrogen and oxygen atoms in total. The van der Waals surface area contributed by atoms with E-state index in [1.165, 1.54) is 0 Å². The lowest BCUT2D eigenvalue weighted by Crippen LogP contribution is -2.12. The van der Waals surface area contributed by atoms with Crippen molar-refractivity contribution in [2.24, 2.45) is 0 Å². The lowest BCUT2D eigenvalue weighted by molar-refractivity contribution is 0.102. The number of methoxy groups -OCH3 is 2. The van der Waals surface area contributed by atoms with E-state index in [0.717, 1.165) is 17.1 Å². The normalized spacial score (nSPS) is 10.4. The third-order valence-corrected chi connectivity index (χ3v) is 3.75. The third kappa shape index (κ3) is 3.80. The second-order valence-corrected chi connectivity index (χ2v) is 5.52. The number of amides is 1. The number of benzene rings is 2. The number of aryl methyl sites for hydroxylation is 1. The second-order valence-electron chi connectivity index (χ2n) is 5.52. The number of H-pyrrole nitrogens is 1. The largest absolute Gasteiger partial charge is 0.497 e. The number of imidazole rings is 1. The first-order valence-corrected chi connectivity index (χ1v) is 7.75. The zero-order valence-corrected chi connectivity index (χ0v) is 14.3. The molecule has 0 aliphatic rings. The molecule has 0 saturated carbocycles. The molecule has 0 unspecified atom stereocenters. The van der Waals surface area contributed by atoms with Crippen molar-refractivity contribution in [2.75, 3.05) is 19.5 Å². The molecule has 2 N–H and O–H groups in total. The summed E-state index contributed by atoms with van der Waals surface area (Å²) in [5.74, 6) is 1.72. The summed E-state index contributed by atoms with van der Waals surface area (Å²) in [6.07, 6.45) is 1.77. The Bertz CT molecular complexity index is 880. The van der Waals surface area contributed by atoms with Gasteiger partial charge in [0, 0.05) is 22.9 Å². The molecule has 3 aromatic rings. The molecule has 1 heterocycles. The minimum atomic E-state index is -0.241. The summed E-state index contributed by atoms with van der Waals surface area (Å²) in [5.41, 5.74) is 2.99. The third-order valence-electron chi connectivity index (χ3n) is 3.75. The fourth-order valence-corrected chi connectivity index (χ4v) is 2.47. The first kappa shape index (κ1) is 16.6. The fourth-order valence-electron chi connectivity index (χ4n) is 2.47. The Balaban J connectivity index is 1.84. The molecular formula is C19H19N3O3. The highest BCUT2D eigenvalue weighted by Crippen LogP contribution is 2.24. The highest BCUT2D eigenvalue weighted by atomic mass is 16.5. The molecule has 0 aliphatic heterocycles. The molecular weight excluding hydrogens is 318 g/mol. The van der Waals surface area contributed by atoms with Crippen molar-refractivity contribution in [3.05, 3.63) is 60.0 Å². The van der Waals surface area contributed by atoms with E-state index in [-0.39, 0.29) is 5.91 Å². The van der Waals surface area contributed by atoms with Crippen molar-refractivity contribution in [1.29, 1.82) is 0 Å². The number of ether oxygens (including phenoxy) is 2. The van der Waals surface area contributed by atoms with Crippen LogP contribution in [0.15, 0.2) is 48.7 Å². The van der Waals surface area contributed by atoms with Crippen LogP contribution >= 0.6 is 0 Å². The van der Waals surface area contributed by atoms with Crippen LogP contribution in [0.2, 0.25) is 0 Å². The number of nitrogens with one attached hydrogen (secondary N) is 2. The van der Waals surface area contributed by atoms with Gasteiger partial charge in [-0.1, -0.05) is 12.1 Å². The van der Waals surface area contributed by atoms with Gasteiger partial charge in [-0.15, -0.1) is 0 Å². The lowest BCUT2D eigenvalue weighted by atomic mass is 10.1. The Morgan fingerprint density at radius 1 is 1.08 bits per heavy atom. The van der Waals surface area contributed by atoms with Gasteiger partial charge < -0.3 is 19.8 Å². The Labute approximate surface area is 145 Å². The van der Waals surface area contributed by atoms with Gasteiger partial charge in [-0.25, -0.2) is 4.98 Å². The van der Waals surface area contributed by atoms with Crippen LogP contribution in [-0.2, 0) is 0 Å². The Kier molecular flexibility index (Phi) is 4.70. The number of rotatable bonds is 5. The van der Waals surface area contributed by atoms with E-state index in [9.17, 15) is 4.79 Å². The number of hydrogen-bond acceptors (Lipinski definition) is 4. The summed E-state index contributed by atoms with van der Waals surface area (Å²) in [5, 5.41) is 2.89. The van der Waals surface area contributed by atoms with Gasteiger partial charge >= 0.3 is 0 Å². The van der Waals surface area contributed by atoms with Crippen LogP contribution in [0.3, 0.4) is 0 Å². The van der Waals surface area contributed by atoms with Crippen molar-refractivity contribution < 1.29 is 14.3 Å². The zero-order chi connectivity index (χ0) is 17.8. The quantitative estimate of drug-likeness (QED) is 0.745. The molecule has 0 aliphatic carbocycles. The number of hydrogen-bond donors (Lipinski definition) is 2. The van der Waals surface area contributed by atoms with Gasteiger partial charge in [-0.05, 0) is 31.2 Å². The molecule has 0 radical (unpaired) electrons. The molecule has 25 heavy (non-hydrogen) atoms. The van der Waals surface area contributed by atoms with Gasteiger partial charge in [0.05, 0.1) is 26.1 Å². The van der Waals surface area contributed by atoms with Crippen LogP contribution in [0, 0.1) is 6.92 Å². The van der Waals surface area contributed by atoms with Gasteiger partial charge in [-0.3, -0.25) is 4.79 Å². The SMILES string of the molecule is COc1cc(OC)cc(C(=O)Nc2cccc(-c3cnc(C)[nH]3)c2)c1. The molecule has 0 spiro atoms. The van der Waals surface area contributed by atoms with E-state index in [4.69, 9.17) is 9.47 Å². The highest BCUT2D eigenvalue weighted by molar-refractivity contribution is 6.05. The molecule has 3 rings (SSSR count). The predicted molar refractivity (Wildman–Crippen MR) is 96.3 cm³/mol. The number of anilines is 1. The van der Waals surface area contributed by atoms with Crippen molar-refractivity contribution in [1.82, 2.24) is 9.97 Å². The average Bonchev–Trinajstić information content (AvgIpc) is 3.08. The first-order valence-electron chi connectivity index (χ1n) is 7.75. The topological polar surface area (TPSA) is 76.2 Å². The van der Waals surface area contributed by atoms with Crippen LogP contribution in [-0.4, -0.2) is 30.1 Å². The Morgan fingerprint density at radius 3 is 2.40 bits per heavy atom. The highest BCUT2D eigenvalue weighted by Gasteiger charge is 2.11. The molecule has 0 saturated heterocycles. The van der Waals surface area contributed by atoms with E-state index in [1.54, 1.807) is 38.6 Å². The smallest absolute Gasteiger partial charge is 0.255 e. The van der Waals surface area contributed by atoms with Crippen LogP contribution < -0.4 is 14.8 Å². The molecule has 0 bridgehead atoms. The van der Waals surface area contributed by atoms with Crippen LogP contribution in [0.1, 0.15) is 16.2 Å². The van der Waals surface area contributed by atoms with Crippen LogP contribution in [0.25, 0.3) is 11.3 Å². The molecule has 6 heteroatoms. The van der Waals surface area contributed by atoms with Gasteiger partial charge in [0.2, 0.25) is 0 Å². The van der Waals surface area contributed by atoms with E-state index >= 15 is 0 Å². The summed E-state index contributed by atoms with van der Waals surface area (Å²) in [4.78, 5) is 19.9. The summed E-state index contributed by atoms with van der Waals surface area (Å²) in [6, 6.07) is 12.6. The molecule has 1 amide bonds. The van der Waals surface area contributed by atoms with Crippen molar-refractivity contribution in [3.8, 4) is 22.8 Å². The second kappa shape index (κ2) is 7.09. The number of carbonyl (C=O) groups excluding carboxylic acids is 1. The Hall–Kier alpha value is -3.28. The summed E-state index contributed by atoms with van der Waals surface area (Å²) < 4.78 is 10.4. The van der Waals surface area contributed by atoms with Crippen LogP contribution in [0.5, 0.6) is 11.5 Å². The van der Waals surface area contributed by atoms with E-state index in [1.807, 2.05) is 31.2 Å². The van der Waals surface area contributed by atoms with Gasteiger partial charge in [0.25, 0.3) is 5.91 Å². The van der Waals surface area contributed by atoms with Gasteiger partial charge in [-0.2, -0.15) is 0 Å². The van der Waals surface area contributed by atoms with Crippen LogP contribution in [0.4, 0.5) is 5.69 Å². The zero-order valence-electron chi connectivity index (χ0n) is 14.3. The molecule has 2 aromatic carbocycles. The standard InChI is InChI=1S/C19H19N3O3/c1-12-20-11-18(21-12)13-5-4-6-15(7-13)22-19(23)14-8-16(24-2)10-17(9-14)25-3/h4-11H,1-3H3,(H,20,21)(H,22,23). The maximum absolute atomic E-state index is 12.6. The predicted octanol–water partition coefficient (Wildman–Crippen LogP) is 3.65. The monoisotopic (exact) mass is 337 g/mol. The summed E-state index contributed by atoms with van der Waals surface area (Å²) in [7, 11) is 3.10. The average molecular weight is 337 g/mol. The van der Waals surface area contributed by atoms with E-state index in [2.05, 4.69) is 15.3 Å². The minimum Gasteiger partial charge on any atom is -0.497 e. The minimum absolute atomic E-state index is 0.241. The van der Waals surface area contributed by atoms with Gasteiger partial charge in [0.1, 0.15) is 17.3 Å². The maximum atomic E-state index is 12.6. The number of carbonyl (C=O) groups is 1. The van der Waals surface area contributed by atoms with Crippen molar-refractivity contribution in [2.45, 2.75) is 6.92 Å². The number of nitrogens with zero attached hydrogens (tertiary/aromatic N) is 1.